The molecule has 0 fully saturated rings. The molecule has 0 heterocycles. The number of rotatable bonds is 8. The predicted molar refractivity (Wildman–Crippen MR) is 119 cm³/mol. The van der Waals surface area contributed by atoms with Crippen molar-refractivity contribution in [2.24, 2.45) is 5.92 Å². The zero-order chi connectivity index (χ0) is 22.1. The molecule has 30 heavy (non-hydrogen) atoms. The molecule has 0 saturated heterocycles. The van der Waals surface area contributed by atoms with E-state index in [1.165, 1.54) is 12.1 Å². The third kappa shape index (κ3) is 7.18. The lowest BCUT2D eigenvalue weighted by Gasteiger charge is -2.25. The number of allylic oxidation sites excluding steroid dienone is 1. The van der Waals surface area contributed by atoms with Gasteiger partial charge in [-0.05, 0) is 71.7 Å². The Balaban J connectivity index is 2.16. The third-order valence-corrected chi connectivity index (χ3v) is 5.02. The van der Waals surface area contributed by atoms with Crippen LogP contribution in [0.1, 0.15) is 41.8 Å². The van der Waals surface area contributed by atoms with E-state index in [4.69, 9.17) is 9.84 Å². The first-order valence-electron chi connectivity index (χ1n) is 9.22. The van der Waals surface area contributed by atoms with Gasteiger partial charge in [0, 0.05) is 20.8 Å². The second kappa shape index (κ2) is 11.3. The van der Waals surface area contributed by atoms with Crippen molar-refractivity contribution in [3.05, 3.63) is 75.4 Å². The van der Waals surface area contributed by atoms with Gasteiger partial charge in [-0.25, -0.2) is 9.59 Å². The van der Waals surface area contributed by atoms with Crippen LogP contribution in [0.15, 0.2) is 60.7 Å². The molecule has 0 aromatic heterocycles. The highest BCUT2D eigenvalue weighted by Gasteiger charge is 2.27. The monoisotopic (exact) mass is 523 g/mol. The van der Waals surface area contributed by atoms with Crippen LogP contribution in [0, 0.1) is 9.49 Å². The summed E-state index contributed by atoms with van der Waals surface area (Å²) >= 11 is 2.08. The van der Waals surface area contributed by atoms with Gasteiger partial charge in [0.25, 0.3) is 5.91 Å². The SMILES string of the molecule is C[C@@H](CC/C=C/C(=O)O)[C@H](OC(=O)NC(=O)c1ccccc1)c1cc(I)ccc1O. The number of alkyl carbamates (subject to hydrolysis) is 1. The quantitative estimate of drug-likeness (QED) is 0.343. The van der Waals surface area contributed by atoms with Crippen LogP contribution in [0.3, 0.4) is 0 Å². The first-order valence-corrected chi connectivity index (χ1v) is 10.3. The van der Waals surface area contributed by atoms with Gasteiger partial charge in [-0.3, -0.25) is 10.1 Å². The molecule has 2 amide bonds. The van der Waals surface area contributed by atoms with Gasteiger partial charge in [-0.1, -0.05) is 31.2 Å². The number of aromatic hydroxyl groups is 1. The molecule has 0 spiro atoms. The van der Waals surface area contributed by atoms with Crippen LogP contribution in [0.5, 0.6) is 5.75 Å². The van der Waals surface area contributed by atoms with Gasteiger partial charge in [0.05, 0.1) is 0 Å². The van der Waals surface area contributed by atoms with Gasteiger partial charge in [-0.15, -0.1) is 0 Å². The Labute approximate surface area is 187 Å². The van der Waals surface area contributed by atoms with Gasteiger partial charge in [0.2, 0.25) is 0 Å². The average Bonchev–Trinajstić information content (AvgIpc) is 2.71. The second-order valence-corrected chi connectivity index (χ2v) is 7.89. The summed E-state index contributed by atoms with van der Waals surface area (Å²) in [5.74, 6) is -1.92. The summed E-state index contributed by atoms with van der Waals surface area (Å²) in [6.07, 6.45) is 1.75. The van der Waals surface area contributed by atoms with Crippen molar-refractivity contribution in [2.75, 3.05) is 0 Å². The Morgan fingerprint density at radius 2 is 1.87 bits per heavy atom. The maximum absolute atomic E-state index is 12.4. The average molecular weight is 523 g/mol. The molecule has 2 atom stereocenters. The number of imide groups is 1. The minimum atomic E-state index is -1.04. The fourth-order valence-corrected chi connectivity index (χ4v) is 3.35. The van der Waals surface area contributed by atoms with E-state index in [0.717, 1.165) is 9.65 Å². The standard InChI is InChI=1S/C22H22INO6/c1-14(7-5-6-10-19(26)27)20(17-13-16(23)11-12-18(17)25)30-22(29)24-21(28)15-8-3-2-4-9-15/h2-4,6,8-14,20,25H,5,7H2,1H3,(H,26,27)(H,24,28,29)/b10-6+/t14-,20-/m0/s1. The fraction of sp³-hybridized carbons (Fsp3) is 0.227. The highest BCUT2D eigenvalue weighted by molar-refractivity contribution is 14.1. The molecular formula is C22H22INO6. The summed E-state index contributed by atoms with van der Waals surface area (Å²) in [7, 11) is 0. The maximum atomic E-state index is 12.4. The van der Waals surface area contributed by atoms with E-state index in [2.05, 4.69) is 27.9 Å². The van der Waals surface area contributed by atoms with Crippen molar-refractivity contribution in [2.45, 2.75) is 25.9 Å². The number of halogens is 1. The van der Waals surface area contributed by atoms with Crippen LogP contribution in [0.2, 0.25) is 0 Å². The van der Waals surface area contributed by atoms with E-state index < -0.39 is 24.1 Å². The summed E-state index contributed by atoms with van der Waals surface area (Å²) < 4.78 is 6.37. The Bertz CT molecular complexity index is 928. The molecule has 158 valence electrons. The summed E-state index contributed by atoms with van der Waals surface area (Å²) in [5, 5.41) is 21.2. The number of ether oxygens (including phenoxy) is 1. The van der Waals surface area contributed by atoms with Gasteiger partial charge >= 0.3 is 12.1 Å². The van der Waals surface area contributed by atoms with E-state index >= 15 is 0 Å². The van der Waals surface area contributed by atoms with Crippen LogP contribution in [0.4, 0.5) is 4.79 Å². The topological polar surface area (TPSA) is 113 Å². The number of benzene rings is 2. The van der Waals surface area contributed by atoms with Crippen molar-refractivity contribution < 1.29 is 29.3 Å². The molecule has 2 aromatic carbocycles. The maximum Gasteiger partial charge on any atom is 0.414 e. The summed E-state index contributed by atoms with van der Waals surface area (Å²) in [6.45, 7) is 1.82. The first kappa shape index (κ1) is 23.4. The molecule has 0 aliphatic rings. The van der Waals surface area contributed by atoms with Crippen LogP contribution >= 0.6 is 22.6 Å². The fourth-order valence-electron chi connectivity index (χ4n) is 2.83. The Hall–Kier alpha value is -2.88. The minimum Gasteiger partial charge on any atom is -0.508 e. The lowest BCUT2D eigenvalue weighted by molar-refractivity contribution is -0.131. The largest absolute Gasteiger partial charge is 0.508 e. The molecule has 2 aromatic rings. The van der Waals surface area contributed by atoms with Gasteiger partial charge in [0.1, 0.15) is 11.9 Å². The van der Waals surface area contributed by atoms with Crippen LogP contribution in [0.25, 0.3) is 0 Å². The molecule has 0 aliphatic heterocycles. The number of carboxylic acids is 1. The molecular weight excluding hydrogens is 501 g/mol. The Morgan fingerprint density at radius 3 is 2.53 bits per heavy atom. The molecule has 0 unspecified atom stereocenters. The van der Waals surface area contributed by atoms with Gasteiger partial charge in [0.15, 0.2) is 0 Å². The number of phenols is 1. The summed E-state index contributed by atoms with van der Waals surface area (Å²) in [5.41, 5.74) is 0.730. The van der Waals surface area contributed by atoms with Crippen LogP contribution in [-0.2, 0) is 9.53 Å². The van der Waals surface area contributed by atoms with Crippen molar-refractivity contribution in [1.82, 2.24) is 5.32 Å². The Kier molecular flexibility index (Phi) is 8.85. The summed E-state index contributed by atoms with van der Waals surface area (Å²) in [4.78, 5) is 35.2. The molecule has 0 saturated carbocycles. The number of carbonyl (C=O) groups excluding carboxylic acids is 2. The number of amides is 2. The molecule has 0 bridgehead atoms. The molecule has 2 rings (SSSR count). The molecule has 7 nitrogen and oxygen atoms in total. The number of phenolic OH excluding ortho intramolecular Hbond substituents is 1. The lowest BCUT2D eigenvalue weighted by Crippen LogP contribution is -2.33. The smallest absolute Gasteiger partial charge is 0.414 e. The zero-order valence-corrected chi connectivity index (χ0v) is 18.4. The third-order valence-electron chi connectivity index (χ3n) is 4.35. The predicted octanol–water partition coefficient (Wildman–Crippen LogP) is 4.66. The number of aliphatic carboxylic acids is 1. The van der Waals surface area contributed by atoms with E-state index in [-0.39, 0.29) is 11.7 Å². The Morgan fingerprint density at radius 1 is 1.17 bits per heavy atom. The zero-order valence-electron chi connectivity index (χ0n) is 16.2. The lowest BCUT2D eigenvalue weighted by atomic mass is 9.92. The van der Waals surface area contributed by atoms with E-state index in [1.54, 1.807) is 42.5 Å². The number of hydrogen-bond donors (Lipinski definition) is 3. The van der Waals surface area contributed by atoms with E-state index in [0.29, 0.717) is 24.0 Å². The number of carboxylic acid groups (broad SMARTS) is 1. The highest BCUT2D eigenvalue weighted by Crippen LogP contribution is 2.35. The molecule has 3 N–H and O–H groups in total. The van der Waals surface area contributed by atoms with E-state index in [9.17, 15) is 19.5 Å². The molecule has 8 heteroatoms. The number of carbonyl (C=O) groups is 3. The highest BCUT2D eigenvalue weighted by atomic mass is 127. The first-order chi connectivity index (χ1) is 14.3. The van der Waals surface area contributed by atoms with Crippen molar-refractivity contribution in [1.29, 1.82) is 0 Å². The minimum absolute atomic E-state index is 0.0319. The molecule has 0 aliphatic carbocycles. The van der Waals surface area contributed by atoms with E-state index in [1.807, 2.05) is 6.92 Å². The summed E-state index contributed by atoms with van der Waals surface area (Å²) in [6, 6.07) is 13.2. The van der Waals surface area contributed by atoms with Crippen LogP contribution in [-0.4, -0.2) is 28.2 Å². The van der Waals surface area contributed by atoms with Crippen molar-refractivity contribution in [3.8, 4) is 5.75 Å². The number of hydrogen-bond acceptors (Lipinski definition) is 5. The van der Waals surface area contributed by atoms with Gasteiger partial charge < -0.3 is 14.9 Å². The second-order valence-electron chi connectivity index (χ2n) is 6.64. The molecule has 0 radical (unpaired) electrons. The normalized spacial score (nSPS) is 12.9. The van der Waals surface area contributed by atoms with Crippen molar-refractivity contribution >= 4 is 40.6 Å². The van der Waals surface area contributed by atoms with Gasteiger partial charge in [-0.2, -0.15) is 0 Å². The van der Waals surface area contributed by atoms with Crippen LogP contribution < -0.4 is 5.32 Å². The number of nitrogens with one attached hydrogen (secondary N) is 1. The van der Waals surface area contributed by atoms with Crippen molar-refractivity contribution in [3.63, 3.8) is 0 Å².